The number of nitrogens with one attached hydrogen (secondary N) is 4. The second kappa shape index (κ2) is 17.8. The smallest absolute Gasteiger partial charge is 0.323 e. The largest absolute Gasteiger partial charge is 0.459 e. The van der Waals surface area contributed by atoms with Crippen LogP contribution in [0.25, 0.3) is 0 Å². The van der Waals surface area contributed by atoms with Crippen molar-refractivity contribution in [1.29, 1.82) is 0 Å². The molecule has 4 aliphatic rings. The van der Waals surface area contributed by atoms with Crippen LogP contribution in [0.5, 0.6) is 0 Å². The normalized spacial score (nSPS) is 28.6. The molecule has 55 heavy (non-hydrogen) atoms. The third-order valence-electron chi connectivity index (χ3n) is 11.0. The molecule has 2 aromatic rings. The molecule has 4 heterocycles. The van der Waals surface area contributed by atoms with E-state index in [0.717, 1.165) is 18.4 Å². The van der Waals surface area contributed by atoms with Gasteiger partial charge in [-0.15, -0.1) is 0 Å². The zero-order valence-electron chi connectivity index (χ0n) is 31.7. The van der Waals surface area contributed by atoms with Crippen molar-refractivity contribution < 1.29 is 33.5 Å². The van der Waals surface area contributed by atoms with Gasteiger partial charge < -0.3 is 35.8 Å². The van der Waals surface area contributed by atoms with Crippen molar-refractivity contribution in [2.45, 2.75) is 108 Å². The molecule has 14 nitrogen and oxygen atoms in total. The highest BCUT2D eigenvalue weighted by molar-refractivity contribution is 6.30. The number of hydrogen-bond donors (Lipinski definition) is 4. The summed E-state index contributed by atoms with van der Waals surface area (Å²) in [4.78, 5) is 89.2. The molecule has 6 rings (SSSR count). The maximum atomic E-state index is 14.7. The Labute approximate surface area is 327 Å². The predicted octanol–water partition coefficient (Wildman–Crippen LogP) is 3.09. The van der Waals surface area contributed by atoms with E-state index in [0.29, 0.717) is 56.0 Å². The molecule has 15 heteroatoms. The molecule has 0 radical (unpaired) electrons. The number of nitrogens with zero attached hydrogens (tertiary/aromatic N) is 3. The van der Waals surface area contributed by atoms with Crippen LogP contribution in [0.4, 0.5) is 10.5 Å². The number of urea groups is 1. The molecule has 4 fully saturated rings. The minimum absolute atomic E-state index is 0.0894. The zero-order chi connectivity index (χ0) is 39.2. The van der Waals surface area contributed by atoms with Gasteiger partial charge in [0.05, 0.1) is 0 Å². The zero-order valence-corrected chi connectivity index (χ0v) is 32.4. The predicted molar refractivity (Wildman–Crippen MR) is 206 cm³/mol. The van der Waals surface area contributed by atoms with Crippen molar-refractivity contribution >= 4 is 52.9 Å². The molecule has 296 valence electrons. The minimum Gasteiger partial charge on any atom is -0.459 e. The summed E-state index contributed by atoms with van der Waals surface area (Å²) in [5.74, 6) is -2.17. The molecule has 0 aromatic heterocycles. The second-order valence-corrected chi connectivity index (χ2v) is 15.9. The van der Waals surface area contributed by atoms with E-state index in [-0.39, 0.29) is 36.7 Å². The molecule has 6 amide bonds. The lowest BCUT2D eigenvalue weighted by molar-refractivity contribution is -0.160. The first-order valence-corrected chi connectivity index (χ1v) is 19.8. The Bertz CT molecular complexity index is 1730. The highest BCUT2D eigenvalue weighted by Gasteiger charge is 2.46. The second-order valence-electron chi connectivity index (χ2n) is 15.4. The van der Waals surface area contributed by atoms with E-state index in [9.17, 15) is 28.8 Å². The number of rotatable bonds is 6. The quantitative estimate of drug-likeness (QED) is 0.325. The van der Waals surface area contributed by atoms with Crippen LogP contribution in [-0.4, -0.2) is 119 Å². The Hall–Kier alpha value is -4.69. The number of esters is 1. The van der Waals surface area contributed by atoms with Crippen molar-refractivity contribution in [1.82, 2.24) is 30.7 Å². The summed E-state index contributed by atoms with van der Waals surface area (Å²) in [6, 6.07) is 9.98. The Kier molecular flexibility index (Phi) is 13.0. The number of carbonyl (C=O) groups excluding carboxylic acids is 6. The van der Waals surface area contributed by atoms with Crippen molar-refractivity contribution in [3.05, 3.63) is 65.2 Å². The molecule has 8 atom stereocenters. The van der Waals surface area contributed by atoms with Gasteiger partial charge in [-0.3, -0.25) is 28.9 Å². The fraction of sp³-hybridized carbons (Fsp3) is 0.550. The summed E-state index contributed by atoms with van der Waals surface area (Å²) in [5, 5.41) is 11.9. The highest BCUT2D eigenvalue weighted by atomic mass is 35.5. The van der Waals surface area contributed by atoms with E-state index in [1.807, 2.05) is 49.1 Å². The van der Waals surface area contributed by atoms with Crippen LogP contribution in [0.15, 0.2) is 54.6 Å². The monoisotopic (exact) mass is 777 g/mol. The van der Waals surface area contributed by atoms with Gasteiger partial charge in [0.15, 0.2) is 0 Å². The number of carbonyl (C=O) groups is 6. The average Bonchev–Trinajstić information content (AvgIpc) is 3.80. The topological polar surface area (TPSA) is 169 Å². The molecular weight excluding hydrogens is 726 g/mol. The fourth-order valence-electron chi connectivity index (χ4n) is 8.32. The SMILES string of the molecule is C[C@@H]1C[C@H]2C(=O)O[C@@H](C)[C@H](NC(=O)[C@H](Cc3ccccc3)NC(=O)Nc3ccc(Cl)cc3)C(=O)N3CCC[C@H]3C(=O)N3CCCC[C@H]3C(=O)N[C@@H](C)CN2C1. The van der Waals surface area contributed by atoms with E-state index in [2.05, 4.69) is 21.3 Å². The fourth-order valence-corrected chi connectivity index (χ4v) is 8.45. The van der Waals surface area contributed by atoms with Gasteiger partial charge >= 0.3 is 12.0 Å². The van der Waals surface area contributed by atoms with Crippen LogP contribution in [0.1, 0.15) is 64.9 Å². The number of ether oxygens (including phenoxy) is 1. The summed E-state index contributed by atoms with van der Waals surface area (Å²) >= 11 is 6.01. The first kappa shape index (κ1) is 40.0. The number of hydrogen-bond acceptors (Lipinski definition) is 8. The van der Waals surface area contributed by atoms with Gasteiger partial charge in [-0.05, 0) is 88.1 Å². The summed E-state index contributed by atoms with van der Waals surface area (Å²) < 4.78 is 6.05. The Morgan fingerprint density at radius 1 is 0.855 bits per heavy atom. The molecule has 4 aliphatic heterocycles. The summed E-state index contributed by atoms with van der Waals surface area (Å²) in [6.07, 6.45) is 2.46. The van der Waals surface area contributed by atoms with Crippen LogP contribution in [0.2, 0.25) is 5.02 Å². The molecule has 0 spiro atoms. The van der Waals surface area contributed by atoms with E-state index >= 15 is 0 Å². The number of cyclic esters (lactones) is 1. The van der Waals surface area contributed by atoms with Gasteiger partial charge in [0.1, 0.15) is 36.3 Å². The molecule has 0 aliphatic carbocycles. The highest BCUT2D eigenvalue weighted by Crippen LogP contribution is 2.28. The third-order valence-corrected chi connectivity index (χ3v) is 11.3. The number of anilines is 1. The number of benzene rings is 2. The molecule has 4 saturated heterocycles. The van der Waals surface area contributed by atoms with Gasteiger partial charge in [-0.1, -0.05) is 48.9 Å². The first-order chi connectivity index (χ1) is 26.4. The lowest BCUT2D eigenvalue weighted by Gasteiger charge is -2.40. The van der Waals surface area contributed by atoms with Crippen LogP contribution in [0, 0.1) is 5.92 Å². The van der Waals surface area contributed by atoms with Crippen molar-refractivity contribution in [2.24, 2.45) is 5.92 Å². The van der Waals surface area contributed by atoms with Gasteiger partial charge in [0.2, 0.25) is 23.6 Å². The number of piperidine rings is 1. The molecule has 4 N–H and O–H groups in total. The Morgan fingerprint density at radius 2 is 1.55 bits per heavy atom. The van der Waals surface area contributed by atoms with E-state index in [4.69, 9.17) is 16.3 Å². The van der Waals surface area contributed by atoms with Gasteiger partial charge in [-0.25, -0.2) is 4.79 Å². The summed E-state index contributed by atoms with van der Waals surface area (Å²) in [7, 11) is 0. The van der Waals surface area contributed by atoms with Gasteiger partial charge in [0, 0.05) is 49.4 Å². The maximum Gasteiger partial charge on any atom is 0.323 e. The molecule has 2 aromatic carbocycles. The minimum atomic E-state index is -1.39. The molecule has 0 saturated carbocycles. The van der Waals surface area contributed by atoms with Crippen LogP contribution in [0.3, 0.4) is 0 Å². The van der Waals surface area contributed by atoms with Crippen molar-refractivity contribution in [3.8, 4) is 0 Å². The standard InChI is InChI=1S/C40H52ClN7O7/c1-24-20-33-39(53)55-26(3)34(45-35(49)30(21-27-10-5-4-6-11-27)44-40(54)43-29-16-14-28(41)15-17-29)38(52)48-19-9-13-32(48)37(51)47-18-8-7-12-31(47)36(50)42-25(2)23-46(33)22-24/h4-6,10-11,14-17,24-26,30-34H,7-9,12-13,18-23H2,1-3H3,(H,42,50)(H,45,49)(H2,43,44,54)/t24-,25+,26+,30+,31+,32+,33+,34+/m1/s1. The first-order valence-electron chi connectivity index (χ1n) is 19.4. The van der Waals surface area contributed by atoms with Crippen LogP contribution in [-0.2, 0) is 35.1 Å². The lowest BCUT2D eigenvalue weighted by atomic mass is 9.99. The Morgan fingerprint density at radius 3 is 2.29 bits per heavy atom. The lowest BCUT2D eigenvalue weighted by Crippen LogP contribution is -2.62. The van der Waals surface area contributed by atoms with Crippen molar-refractivity contribution in [2.75, 3.05) is 31.5 Å². The molecule has 0 bridgehead atoms. The van der Waals surface area contributed by atoms with Gasteiger partial charge in [0.25, 0.3) is 0 Å². The third kappa shape index (κ3) is 9.77. The van der Waals surface area contributed by atoms with E-state index < -0.39 is 60.1 Å². The summed E-state index contributed by atoms with van der Waals surface area (Å²) in [6.45, 7) is 7.15. The van der Waals surface area contributed by atoms with E-state index in [1.165, 1.54) is 4.90 Å². The van der Waals surface area contributed by atoms with E-state index in [1.54, 1.807) is 36.1 Å². The average molecular weight is 778 g/mol. The number of amides is 6. The summed E-state index contributed by atoms with van der Waals surface area (Å²) in [5.41, 5.74) is 1.21. The van der Waals surface area contributed by atoms with Gasteiger partial charge in [-0.2, -0.15) is 0 Å². The van der Waals surface area contributed by atoms with Crippen LogP contribution >= 0.6 is 11.6 Å². The molecule has 0 unspecified atom stereocenters. The molecular formula is C40H52ClN7O7. The van der Waals surface area contributed by atoms with Crippen molar-refractivity contribution in [3.63, 3.8) is 0 Å². The number of fused-ring (bicyclic) bond motifs is 3. The maximum absolute atomic E-state index is 14.7. The van der Waals surface area contributed by atoms with Crippen LogP contribution < -0.4 is 21.3 Å². The number of halogens is 1. The Balaban J connectivity index is 1.30.